The summed E-state index contributed by atoms with van der Waals surface area (Å²) in [4.78, 5) is 22.2. The van der Waals surface area contributed by atoms with Gasteiger partial charge in [-0.15, -0.1) is 12.4 Å². The molecular weight excluding hydrogens is 446 g/mol. The molecule has 2 heterocycles. The SMILES string of the molecule is CCN(CC)CCN(C(=O)CCc1ccccc1)c1nc2cc3c(cc2s1)OCCO3.Cl. The van der Waals surface area contributed by atoms with Gasteiger partial charge < -0.3 is 14.4 Å². The number of thiazole rings is 1. The monoisotopic (exact) mass is 475 g/mol. The largest absolute Gasteiger partial charge is 0.486 e. The zero-order valence-electron chi connectivity index (χ0n) is 18.6. The molecule has 1 aromatic heterocycles. The first kappa shape index (κ1) is 24.3. The number of carbonyl (C=O) groups excluding carboxylic acids is 1. The second-order valence-electron chi connectivity index (χ2n) is 7.52. The van der Waals surface area contributed by atoms with E-state index in [-0.39, 0.29) is 18.3 Å². The lowest BCUT2D eigenvalue weighted by Crippen LogP contribution is -2.39. The smallest absolute Gasteiger partial charge is 0.229 e. The van der Waals surface area contributed by atoms with Gasteiger partial charge in [0.25, 0.3) is 0 Å². The molecule has 4 rings (SSSR count). The van der Waals surface area contributed by atoms with E-state index in [0.29, 0.717) is 26.2 Å². The predicted molar refractivity (Wildman–Crippen MR) is 133 cm³/mol. The van der Waals surface area contributed by atoms with E-state index in [0.717, 1.165) is 52.9 Å². The van der Waals surface area contributed by atoms with Crippen LogP contribution >= 0.6 is 23.7 Å². The van der Waals surface area contributed by atoms with E-state index >= 15 is 0 Å². The Morgan fingerprint density at radius 2 is 1.72 bits per heavy atom. The zero-order valence-corrected chi connectivity index (χ0v) is 20.2. The molecule has 0 N–H and O–H groups in total. The van der Waals surface area contributed by atoms with E-state index in [1.807, 2.05) is 35.2 Å². The van der Waals surface area contributed by atoms with Crippen LogP contribution in [0, 0.1) is 0 Å². The van der Waals surface area contributed by atoms with Gasteiger partial charge in [0.1, 0.15) is 13.2 Å². The number of anilines is 1. The van der Waals surface area contributed by atoms with Crippen molar-refractivity contribution in [2.24, 2.45) is 0 Å². The number of aryl methyl sites for hydroxylation is 1. The van der Waals surface area contributed by atoms with Crippen molar-refractivity contribution in [3.05, 3.63) is 48.0 Å². The van der Waals surface area contributed by atoms with Crippen LogP contribution in [0.2, 0.25) is 0 Å². The lowest BCUT2D eigenvalue weighted by atomic mass is 10.1. The Balaban J connectivity index is 0.00000289. The fraction of sp³-hybridized carbons (Fsp3) is 0.417. The molecule has 8 heteroatoms. The number of amides is 1. The van der Waals surface area contributed by atoms with E-state index in [9.17, 15) is 4.79 Å². The fourth-order valence-corrected chi connectivity index (χ4v) is 4.73. The van der Waals surface area contributed by atoms with Crippen LogP contribution in [0.1, 0.15) is 25.8 Å². The number of ether oxygens (including phenoxy) is 2. The van der Waals surface area contributed by atoms with Gasteiger partial charge in [-0.2, -0.15) is 0 Å². The molecule has 0 radical (unpaired) electrons. The summed E-state index contributed by atoms with van der Waals surface area (Å²) in [5, 5.41) is 0.738. The normalized spacial score (nSPS) is 12.6. The van der Waals surface area contributed by atoms with Crippen molar-refractivity contribution in [1.29, 1.82) is 0 Å². The van der Waals surface area contributed by atoms with Crippen LogP contribution in [0.3, 0.4) is 0 Å². The fourth-order valence-electron chi connectivity index (χ4n) is 3.71. The van der Waals surface area contributed by atoms with E-state index in [4.69, 9.17) is 14.5 Å². The summed E-state index contributed by atoms with van der Waals surface area (Å²) in [7, 11) is 0. The van der Waals surface area contributed by atoms with Crippen molar-refractivity contribution in [2.45, 2.75) is 26.7 Å². The average Bonchev–Trinajstić information content (AvgIpc) is 3.21. The number of hydrogen-bond acceptors (Lipinski definition) is 6. The zero-order chi connectivity index (χ0) is 21.6. The molecule has 32 heavy (non-hydrogen) atoms. The molecule has 1 amide bonds. The summed E-state index contributed by atoms with van der Waals surface area (Å²) >= 11 is 1.53. The van der Waals surface area contributed by atoms with Gasteiger partial charge in [0.15, 0.2) is 16.6 Å². The van der Waals surface area contributed by atoms with Gasteiger partial charge in [-0.1, -0.05) is 55.5 Å². The summed E-state index contributed by atoms with van der Waals surface area (Å²) < 4.78 is 12.4. The van der Waals surface area contributed by atoms with Gasteiger partial charge in [0.2, 0.25) is 5.91 Å². The number of fused-ring (bicyclic) bond motifs is 2. The van der Waals surface area contributed by atoms with Crippen LogP contribution in [0.4, 0.5) is 5.13 Å². The van der Waals surface area contributed by atoms with Gasteiger partial charge in [-0.3, -0.25) is 9.69 Å². The van der Waals surface area contributed by atoms with Crippen molar-refractivity contribution >= 4 is 45.0 Å². The third-order valence-corrected chi connectivity index (χ3v) is 6.62. The first-order chi connectivity index (χ1) is 15.2. The standard InChI is InChI=1S/C24H29N3O3S.ClH/c1-3-26(4-2)12-13-27(23(28)11-10-18-8-6-5-7-9-18)24-25-19-16-20-21(17-22(19)31-24)30-15-14-29-20;/h5-9,16-17H,3-4,10-15H2,1-2H3;1H. The van der Waals surface area contributed by atoms with Crippen molar-refractivity contribution < 1.29 is 14.3 Å². The number of carbonyl (C=O) groups is 1. The highest BCUT2D eigenvalue weighted by molar-refractivity contribution is 7.22. The van der Waals surface area contributed by atoms with Crippen LogP contribution in [-0.4, -0.2) is 55.2 Å². The number of aromatic nitrogens is 1. The number of hydrogen-bond donors (Lipinski definition) is 0. The van der Waals surface area contributed by atoms with Gasteiger partial charge in [-0.25, -0.2) is 4.98 Å². The van der Waals surface area contributed by atoms with Gasteiger partial charge in [0.05, 0.1) is 10.2 Å². The highest BCUT2D eigenvalue weighted by Crippen LogP contribution is 2.38. The summed E-state index contributed by atoms with van der Waals surface area (Å²) in [6.07, 6.45) is 1.18. The summed E-state index contributed by atoms with van der Waals surface area (Å²) in [6, 6.07) is 14.0. The third kappa shape index (κ3) is 5.71. The molecule has 172 valence electrons. The average molecular weight is 476 g/mol. The second-order valence-corrected chi connectivity index (χ2v) is 8.53. The van der Waals surface area contributed by atoms with Crippen molar-refractivity contribution in [3.8, 4) is 11.5 Å². The summed E-state index contributed by atoms with van der Waals surface area (Å²) in [5.74, 6) is 1.58. The maximum absolute atomic E-state index is 13.3. The molecule has 0 atom stereocenters. The Labute approximate surface area is 199 Å². The van der Waals surface area contributed by atoms with Crippen molar-refractivity contribution in [2.75, 3.05) is 44.3 Å². The number of nitrogens with zero attached hydrogens (tertiary/aromatic N) is 3. The van der Waals surface area contributed by atoms with Gasteiger partial charge >= 0.3 is 0 Å². The lowest BCUT2D eigenvalue weighted by Gasteiger charge is -2.24. The molecule has 6 nitrogen and oxygen atoms in total. The van der Waals surface area contributed by atoms with Crippen LogP contribution in [0.5, 0.6) is 11.5 Å². The topological polar surface area (TPSA) is 54.9 Å². The Hall–Kier alpha value is -2.35. The number of likely N-dealkylation sites (N-methyl/N-ethyl adjacent to an activating group) is 1. The van der Waals surface area contributed by atoms with Crippen molar-refractivity contribution in [3.63, 3.8) is 0 Å². The van der Waals surface area contributed by atoms with Gasteiger partial charge in [0, 0.05) is 31.6 Å². The predicted octanol–water partition coefficient (Wildman–Crippen LogP) is 4.80. The van der Waals surface area contributed by atoms with E-state index in [2.05, 4.69) is 30.9 Å². The molecule has 2 aromatic carbocycles. The molecule has 0 aliphatic carbocycles. The molecule has 0 fully saturated rings. The number of halogens is 1. The van der Waals surface area contributed by atoms with Crippen LogP contribution in [0.15, 0.2) is 42.5 Å². The highest BCUT2D eigenvalue weighted by atomic mass is 35.5. The number of benzene rings is 2. The summed E-state index contributed by atoms with van der Waals surface area (Å²) in [6.45, 7) is 8.76. The highest BCUT2D eigenvalue weighted by Gasteiger charge is 2.22. The summed E-state index contributed by atoms with van der Waals surface area (Å²) in [5.41, 5.74) is 2.01. The first-order valence-corrected chi connectivity index (χ1v) is 11.8. The minimum atomic E-state index is 0. The third-order valence-electron chi connectivity index (χ3n) is 5.58. The number of rotatable bonds is 9. The Kier molecular flexibility index (Phi) is 8.73. The van der Waals surface area contributed by atoms with E-state index in [1.54, 1.807) is 0 Å². The first-order valence-electron chi connectivity index (χ1n) is 10.9. The molecular formula is C24H30ClN3O3S. The molecule has 1 aliphatic rings. The molecule has 3 aromatic rings. The Morgan fingerprint density at radius 3 is 2.41 bits per heavy atom. The Morgan fingerprint density at radius 1 is 1.03 bits per heavy atom. The Bertz CT molecular complexity index is 981. The molecule has 0 unspecified atom stereocenters. The van der Waals surface area contributed by atoms with Gasteiger partial charge in [-0.05, 0) is 25.1 Å². The molecule has 0 spiro atoms. The quantitative estimate of drug-likeness (QED) is 0.445. The maximum atomic E-state index is 13.3. The van der Waals surface area contributed by atoms with Crippen molar-refractivity contribution in [1.82, 2.24) is 9.88 Å². The molecule has 0 bridgehead atoms. The van der Waals surface area contributed by atoms with Crippen LogP contribution < -0.4 is 14.4 Å². The van der Waals surface area contributed by atoms with Crippen LogP contribution in [0.25, 0.3) is 10.2 Å². The lowest BCUT2D eigenvalue weighted by molar-refractivity contribution is -0.118. The van der Waals surface area contributed by atoms with E-state index < -0.39 is 0 Å². The minimum Gasteiger partial charge on any atom is -0.486 e. The molecule has 0 saturated heterocycles. The van der Waals surface area contributed by atoms with Crippen LogP contribution in [-0.2, 0) is 11.2 Å². The maximum Gasteiger partial charge on any atom is 0.229 e. The van der Waals surface area contributed by atoms with E-state index in [1.165, 1.54) is 16.9 Å². The molecule has 1 aliphatic heterocycles. The molecule has 0 saturated carbocycles. The second kappa shape index (κ2) is 11.5. The minimum absolute atomic E-state index is 0.